The van der Waals surface area contributed by atoms with Gasteiger partial charge >= 0.3 is 0 Å². The predicted octanol–water partition coefficient (Wildman–Crippen LogP) is 3.44. The number of rotatable bonds is 14. The second-order valence-electron chi connectivity index (χ2n) is 9.27. The van der Waals surface area contributed by atoms with Gasteiger partial charge in [0.25, 0.3) is 5.91 Å². The third kappa shape index (κ3) is 9.21. The molecule has 0 bridgehead atoms. The van der Waals surface area contributed by atoms with Crippen molar-refractivity contribution in [1.29, 1.82) is 0 Å². The number of aliphatic hydroxyl groups excluding tert-OH is 1. The van der Waals surface area contributed by atoms with Crippen molar-refractivity contribution in [3.63, 3.8) is 0 Å². The number of amides is 1. The number of nitrogens with one attached hydrogen (secondary N) is 2. The molecule has 0 aliphatic heterocycles. The lowest BCUT2D eigenvalue weighted by Crippen LogP contribution is -2.48. The molecule has 0 aromatic heterocycles. The highest BCUT2D eigenvalue weighted by atomic mass is 32.2. The van der Waals surface area contributed by atoms with Crippen LogP contribution in [-0.4, -0.2) is 57.6 Å². The van der Waals surface area contributed by atoms with Gasteiger partial charge in [0.05, 0.1) is 29.4 Å². The molecule has 3 N–H and O–H groups in total. The fourth-order valence-electron chi connectivity index (χ4n) is 4.11. The minimum Gasteiger partial charge on any atom is -0.390 e. The molecule has 2 atom stereocenters. The maximum Gasteiger partial charge on any atom is 0.251 e. The van der Waals surface area contributed by atoms with E-state index in [4.69, 9.17) is 4.74 Å². The number of ether oxygens (including phenoxy) is 1. The monoisotopic (exact) mass is 560 g/mol. The molecule has 7 nitrogen and oxygen atoms in total. The highest BCUT2D eigenvalue weighted by Crippen LogP contribution is 2.15. The smallest absolute Gasteiger partial charge is 0.251 e. The van der Waals surface area contributed by atoms with Crippen LogP contribution in [-0.2, 0) is 34.0 Å². The van der Waals surface area contributed by atoms with Crippen LogP contribution >= 0.6 is 0 Å². The molecule has 1 amide bonds. The fourth-order valence-corrected chi connectivity index (χ4v) is 5.28. The van der Waals surface area contributed by atoms with E-state index in [0.29, 0.717) is 6.54 Å². The van der Waals surface area contributed by atoms with Gasteiger partial charge < -0.3 is 20.5 Å². The molecule has 10 heteroatoms. The van der Waals surface area contributed by atoms with E-state index in [0.717, 1.165) is 30.2 Å². The number of hydrogen-bond donors (Lipinski definition) is 3. The number of aliphatic hydroxyl groups is 1. The molecule has 0 saturated heterocycles. The molecule has 0 spiro atoms. The van der Waals surface area contributed by atoms with E-state index in [-0.39, 0.29) is 41.3 Å². The largest absolute Gasteiger partial charge is 0.390 e. The molecule has 0 aliphatic rings. The Bertz CT molecular complexity index is 1330. The van der Waals surface area contributed by atoms with Gasteiger partial charge in [0.2, 0.25) is 0 Å². The van der Waals surface area contributed by atoms with Crippen molar-refractivity contribution < 1.29 is 31.8 Å². The summed E-state index contributed by atoms with van der Waals surface area (Å²) in [6.45, 7) is 2.70. The maximum absolute atomic E-state index is 13.8. The predicted molar refractivity (Wildman–Crippen MR) is 145 cm³/mol. The third-order valence-corrected chi connectivity index (χ3v) is 7.97. The first-order valence-corrected chi connectivity index (χ1v) is 14.3. The summed E-state index contributed by atoms with van der Waals surface area (Å²) in [5, 5.41) is 16.9. The zero-order valence-corrected chi connectivity index (χ0v) is 22.8. The summed E-state index contributed by atoms with van der Waals surface area (Å²) in [6, 6.07) is 15.6. The maximum atomic E-state index is 13.8. The minimum absolute atomic E-state index is 0.0297. The Balaban J connectivity index is 1.72. The Morgan fingerprint density at radius 2 is 1.64 bits per heavy atom. The molecular formula is C29H34F2N2O5S. The number of carbonyl (C=O) groups is 1. The quantitative estimate of drug-likeness (QED) is 0.279. The van der Waals surface area contributed by atoms with Gasteiger partial charge in [-0.2, -0.15) is 0 Å². The number of benzene rings is 3. The van der Waals surface area contributed by atoms with E-state index in [1.807, 2.05) is 18.2 Å². The third-order valence-electron chi connectivity index (χ3n) is 6.27. The molecule has 210 valence electrons. The van der Waals surface area contributed by atoms with Crippen molar-refractivity contribution in [2.24, 2.45) is 0 Å². The van der Waals surface area contributed by atoms with E-state index in [2.05, 4.69) is 23.6 Å². The van der Waals surface area contributed by atoms with Gasteiger partial charge in [0.1, 0.15) is 11.6 Å². The molecule has 0 radical (unpaired) electrons. The van der Waals surface area contributed by atoms with Crippen LogP contribution in [0.1, 0.15) is 34.0 Å². The van der Waals surface area contributed by atoms with E-state index in [1.165, 1.54) is 36.9 Å². The van der Waals surface area contributed by atoms with Gasteiger partial charge in [-0.05, 0) is 65.9 Å². The highest BCUT2D eigenvalue weighted by Gasteiger charge is 2.23. The normalized spacial score (nSPS) is 13.2. The van der Waals surface area contributed by atoms with Crippen LogP contribution in [0.5, 0.6) is 0 Å². The van der Waals surface area contributed by atoms with Gasteiger partial charge in [0.15, 0.2) is 9.84 Å². The summed E-state index contributed by atoms with van der Waals surface area (Å²) in [4.78, 5) is 13.1. The molecular weight excluding hydrogens is 526 g/mol. The van der Waals surface area contributed by atoms with Crippen molar-refractivity contribution in [2.75, 3.05) is 26.0 Å². The minimum atomic E-state index is -3.56. The van der Waals surface area contributed by atoms with Crippen molar-refractivity contribution in [2.45, 2.75) is 43.4 Å². The molecule has 3 aromatic rings. The second kappa shape index (κ2) is 14.3. The SMILES string of the molecule is CCc1cccc(CNC[C@@H](O)[C@H](Cc2cc(F)cc(F)c2)NC(=O)c2ccc(S(=O)(=O)CCOC)cc2)c1. The van der Waals surface area contributed by atoms with E-state index in [9.17, 15) is 27.1 Å². The molecule has 0 heterocycles. The van der Waals surface area contributed by atoms with Crippen LogP contribution in [0.4, 0.5) is 8.78 Å². The standard InChI is InChI=1S/C29H34F2N2O5S/c1-3-20-5-4-6-21(13-20)18-32-19-28(34)27(16-22-14-24(30)17-25(31)15-22)33-29(35)23-7-9-26(10-8-23)39(36,37)12-11-38-2/h4-10,13-15,17,27-28,32,34H,3,11-12,16,18-19H2,1-2H3,(H,33,35)/t27-,28+/m0/s1. The van der Waals surface area contributed by atoms with Crippen molar-refractivity contribution in [3.05, 3.63) is 101 Å². The van der Waals surface area contributed by atoms with E-state index < -0.39 is 39.5 Å². The van der Waals surface area contributed by atoms with Crippen LogP contribution in [0.25, 0.3) is 0 Å². The topological polar surface area (TPSA) is 105 Å². The first kappa shape index (κ1) is 30.4. The van der Waals surface area contributed by atoms with Gasteiger partial charge in [-0.3, -0.25) is 4.79 Å². The van der Waals surface area contributed by atoms with Crippen LogP contribution < -0.4 is 10.6 Å². The average Bonchev–Trinajstić information content (AvgIpc) is 2.91. The Morgan fingerprint density at radius 3 is 2.28 bits per heavy atom. The molecule has 3 rings (SSSR count). The summed E-state index contributed by atoms with van der Waals surface area (Å²) in [6.07, 6.45) is -0.226. The summed E-state index contributed by atoms with van der Waals surface area (Å²) in [5.41, 5.74) is 2.67. The zero-order valence-electron chi connectivity index (χ0n) is 22.0. The van der Waals surface area contributed by atoms with Gasteiger partial charge in [-0.15, -0.1) is 0 Å². The van der Waals surface area contributed by atoms with Crippen LogP contribution in [0, 0.1) is 11.6 Å². The molecule has 0 aliphatic carbocycles. The van der Waals surface area contributed by atoms with Gasteiger partial charge in [-0.25, -0.2) is 17.2 Å². The zero-order chi connectivity index (χ0) is 28.4. The van der Waals surface area contributed by atoms with Crippen LogP contribution in [0.3, 0.4) is 0 Å². The highest BCUT2D eigenvalue weighted by molar-refractivity contribution is 7.91. The first-order valence-electron chi connectivity index (χ1n) is 12.7. The van der Waals surface area contributed by atoms with Crippen LogP contribution in [0.2, 0.25) is 0 Å². The number of hydrogen-bond acceptors (Lipinski definition) is 6. The Labute approximate surface area is 228 Å². The Hall–Kier alpha value is -3.18. The van der Waals surface area contributed by atoms with Crippen molar-refractivity contribution in [1.82, 2.24) is 10.6 Å². The average molecular weight is 561 g/mol. The lowest BCUT2D eigenvalue weighted by Gasteiger charge is -2.25. The number of halogens is 2. The first-order chi connectivity index (χ1) is 18.6. The summed E-state index contributed by atoms with van der Waals surface area (Å²) in [5.74, 6) is -2.27. The summed E-state index contributed by atoms with van der Waals surface area (Å²) < 4.78 is 57.2. The fraction of sp³-hybridized carbons (Fsp3) is 0.345. The summed E-state index contributed by atoms with van der Waals surface area (Å²) in [7, 11) is -2.16. The van der Waals surface area contributed by atoms with Crippen molar-refractivity contribution >= 4 is 15.7 Å². The molecule has 0 unspecified atom stereocenters. The lowest BCUT2D eigenvalue weighted by molar-refractivity contribution is 0.0829. The second-order valence-corrected chi connectivity index (χ2v) is 11.4. The molecule has 3 aromatic carbocycles. The lowest BCUT2D eigenvalue weighted by atomic mass is 10.00. The number of methoxy groups -OCH3 is 1. The molecule has 0 fully saturated rings. The van der Waals surface area contributed by atoms with Gasteiger partial charge in [-0.1, -0.05) is 31.2 Å². The van der Waals surface area contributed by atoms with Gasteiger partial charge in [0, 0.05) is 31.8 Å². The number of aryl methyl sites for hydroxylation is 1. The molecule has 0 saturated carbocycles. The number of carbonyl (C=O) groups excluding carboxylic acids is 1. The van der Waals surface area contributed by atoms with E-state index >= 15 is 0 Å². The molecule has 39 heavy (non-hydrogen) atoms. The summed E-state index contributed by atoms with van der Waals surface area (Å²) >= 11 is 0. The van der Waals surface area contributed by atoms with Crippen molar-refractivity contribution in [3.8, 4) is 0 Å². The van der Waals surface area contributed by atoms with E-state index in [1.54, 1.807) is 0 Å². The Morgan fingerprint density at radius 1 is 0.974 bits per heavy atom. The Kier molecular flexibility index (Phi) is 11.1. The number of sulfone groups is 1. The van der Waals surface area contributed by atoms with Crippen LogP contribution in [0.15, 0.2) is 71.6 Å².